The Hall–Kier alpha value is -0.275. The summed E-state index contributed by atoms with van der Waals surface area (Å²) in [6.07, 6.45) is 4.91. The second-order valence-electron chi connectivity index (χ2n) is 2.67. The number of rotatable bonds is 3. The van der Waals surface area contributed by atoms with Crippen LogP contribution in [0.3, 0.4) is 0 Å². The molecule has 0 radical (unpaired) electrons. The molecule has 2 nitrogen and oxygen atoms in total. The topological polar surface area (TPSA) is 29.5 Å². The molecule has 1 saturated carbocycles. The van der Waals surface area contributed by atoms with Gasteiger partial charge in [-0.1, -0.05) is 18.8 Å². The van der Waals surface area contributed by atoms with Gasteiger partial charge in [0.15, 0.2) is 0 Å². The molecule has 10 heavy (non-hydrogen) atoms. The molecule has 1 N–H and O–H groups in total. The fourth-order valence-corrected chi connectivity index (χ4v) is 1.28. The molecule has 0 aromatic carbocycles. The maximum atomic E-state index is 8.98. The standard InChI is InChI=1S/C7H13BO2/c1-2-8(9)10-7-5-3-4-6-7/h2,7,9H,1,3-6H2. The third-order valence-electron chi connectivity index (χ3n) is 1.84. The van der Waals surface area contributed by atoms with E-state index in [9.17, 15) is 0 Å². The van der Waals surface area contributed by atoms with E-state index in [4.69, 9.17) is 9.68 Å². The van der Waals surface area contributed by atoms with Crippen molar-refractivity contribution >= 4 is 7.12 Å². The van der Waals surface area contributed by atoms with Crippen LogP contribution in [0.1, 0.15) is 25.7 Å². The van der Waals surface area contributed by atoms with Crippen LogP contribution in [0.15, 0.2) is 12.6 Å². The van der Waals surface area contributed by atoms with Gasteiger partial charge in [-0.05, 0) is 12.8 Å². The smallest absolute Gasteiger partial charge is 0.423 e. The predicted octanol–water partition coefficient (Wildman–Crippen LogP) is 1.15. The van der Waals surface area contributed by atoms with E-state index >= 15 is 0 Å². The second kappa shape index (κ2) is 3.79. The third kappa shape index (κ3) is 2.16. The van der Waals surface area contributed by atoms with Crippen molar-refractivity contribution in [2.24, 2.45) is 0 Å². The first kappa shape index (κ1) is 7.83. The molecule has 0 heterocycles. The van der Waals surface area contributed by atoms with Crippen molar-refractivity contribution in [2.45, 2.75) is 31.8 Å². The van der Waals surface area contributed by atoms with Gasteiger partial charge in [-0.25, -0.2) is 0 Å². The van der Waals surface area contributed by atoms with Crippen molar-refractivity contribution in [3.63, 3.8) is 0 Å². The summed E-state index contributed by atoms with van der Waals surface area (Å²) in [5.41, 5.74) is 0. The minimum Gasteiger partial charge on any atom is -0.423 e. The first-order valence-electron chi connectivity index (χ1n) is 3.79. The molecule has 3 heteroatoms. The molecule has 0 unspecified atom stereocenters. The van der Waals surface area contributed by atoms with Crippen LogP contribution in [0.2, 0.25) is 0 Å². The molecule has 1 aliphatic rings. The quantitative estimate of drug-likeness (QED) is 0.595. The minimum atomic E-state index is -0.761. The fraction of sp³-hybridized carbons (Fsp3) is 0.714. The summed E-state index contributed by atoms with van der Waals surface area (Å²) >= 11 is 0. The van der Waals surface area contributed by atoms with Crippen LogP contribution in [0, 0.1) is 0 Å². The van der Waals surface area contributed by atoms with Gasteiger partial charge in [0.25, 0.3) is 0 Å². The zero-order chi connectivity index (χ0) is 7.40. The molecule has 0 atom stereocenters. The Balaban J connectivity index is 2.17. The van der Waals surface area contributed by atoms with Crippen LogP contribution in [0.4, 0.5) is 0 Å². The van der Waals surface area contributed by atoms with Crippen LogP contribution in [-0.4, -0.2) is 18.2 Å². The lowest BCUT2D eigenvalue weighted by Gasteiger charge is -2.10. The van der Waals surface area contributed by atoms with Gasteiger partial charge in [0.05, 0.1) is 0 Å². The number of hydrogen-bond acceptors (Lipinski definition) is 2. The molecule has 1 rings (SSSR count). The predicted molar refractivity (Wildman–Crippen MR) is 41.5 cm³/mol. The summed E-state index contributed by atoms with van der Waals surface area (Å²) in [5.74, 6) is 1.42. The zero-order valence-electron chi connectivity index (χ0n) is 6.12. The summed E-state index contributed by atoms with van der Waals surface area (Å²) in [7, 11) is -0.761. The van der Waals surface area contributed by atoms with Crippen molar-refractivity contribution in [1.82, 2.24) is 0 Å². The molecule has 0 spiro atoms. The first-order valence-corrected chi connectivity index (χ1v) is 3.79. The van der Waals surface area contributed by atoms with Gasteiger partial charge in [0.1, 0.15) is 0 Å². The molecule has 1 aliphatic carbocycles. The van der Waals surface area contributed by atoms with E-state index in [2.05, 4.69) is 6.58 Å². The lowest BCUT2D eigenvalue weighted by molar-refractivity contribution is 0.178. The summed E-state index contributed by atoms with van der Waals surface area (Å²) in [6.45, 7) is 3.43. The molecular weight excluding hydrogens is 127 g/mol. The largest absolute Gasteiger partial charge is 0.483 e. The summed E-state index contributed by atoms with van der Waals surface area (Å²) in [5, 5.41) is 8.98. The van der Waals surface area contributed by atoms with Gasteiger partial charge in [0.2, 0.25) is 0 Å². The molecule has 0 amide bonds. The molecule has 0 aliphatic heterocycles. The Morgan fingerprint density at radius 1 is 1.50 bits per heavy atom. The Morgan fingerprint density at radius 2 is 2.10 bits per heavy atom. The average Bonchev–Trinajstić information content (AvgIpc) is 2.40. The highest BCUT2D eigenvalue weighted by molar-refractivity contribution is 6.48. The SMILES string of the molecule is C=CB(O)OC1CCCC1. The summed E-state index contributed by atoms with van der Waals surface area (Å²) in [6, 6.07) is 0. The van der Waals surface area contributed by atoms with E-state index in [1.165, 1.54) is 18.8 Å². The zero-order valence-corrected chi connectivity index (χ0v) is 6.12. The van der Waals surface area contributed by atoms with E-state index in [1.54, 1.807) is 0 Å². The van der Waals surface area contributed by atoms with Gasteiger partial charge < -0.3 is 9.68 Å². The summed E-state index contributed by atoms with van der Waals surface area (Å²) in [4.78, 5) is 0. The van der Waals surface area contributed by atoms with Crippen LogP contribution >= 0.6 is 0 Å². The molecule has 0 bridgehead atoms. The maximum Gasteiger partial charge on any atom is 0.483 e. The van der Waals surface area contributed by atoms with Crippen molar-refractivity contribution in [1.29, 1.82) is 0 Å². The van der Waals surface area contributed by atoms with Crippen molar-refractivity contribution in [3.8, 4) is 0 Å². The van der Waals surface area contributed by atoms with E-state index in [0.29, 0.717) is 0 Å². The minimum absolute atomic E-state index is 0.271. The second-order valence-corrected chi connectivity index (χ2v) is 2.67. The highest BCUT2D eigenvalue weighted by Crippen LogP contribution is 2.21. The first-order chi connectivity index (χ1) is 4.83. The third-order valence-corrected chi connectivity index (χ3v) is 1.84. The molecule has 0 aromatic rings. The van der Waals surface area contributed by atoms with Gasteiger partial charge in [-0.2, -0.15) is 0 Å². The normalized spacial score (nSPS) is 19.3. The van der Waals surface area contributed by atoms with E-state index in [-0.39, 0.29) is 6.10 Å². The van der Waals surface area contributed by atoms with Crippen molar-refractivity contribution < 1.29 is 9.68 Å². The van der Waals surface area contributed by atoms with Crippen LogP contribution in [-0.2, 0) is 4.65 Å². The fourth-order valence-electron chi connectivity index (χ4n) is 1.28. The lowest BCUT2D eigenvalue weighted by Crippen LogP contribution is -2.21. The van der Waals surface area contributed by atoms with Gasteiger partial charge >= 0.3 is 7.12 Å². The van der Waals surface area contributed by atoms with Crippen LogP contribution < -0.4 is 0 Å². The Morgan fingerprint density at radius 3 is 2.60 bits per heavy atom. The molecule has 56 valence electrons. The van der Waals surface area contributed by atoms with Gasteiger partial charge in [0, 0.05) is 6.10 Å². The van der Waals surface area contributed by atoms with E-state index in [0.717, 1.165) is 12.8 Å². The molecule has 0 saturated heterocycles. The Labute approximate surface area is 62.0 Å². The Kier molecular flexibility index (Phi) is 2.96. The van der Waals surface area contributed by atoms with E-state index < -0.39 is 7.12 Å². The van der Waals surface area contributed by atoms with Gasteiger partial charge in [-0.3, -0.25) is 0 Å². The van der Waals surface area contributed by atoms with Crippen LogP contribution in [0.5, 0.6) is 0 Å². The van der Waals surface area contributed by atoms with E-state index in [1.807, 2.05) is 0 Å². The Bertz CT molecular complexity index is 110. The molecule has 0 aromatic heterocycles. The summed E-state index contributed by atoms with van der Waals surface area (Å²) < 4.78 is 5.20. The maximum absolute atomic E-state index is 8.98. The lowest BCUT2D eigenvalue weighted by atomic mass is 9.91. The molecule has 1 fully saturated rings. The van der Waals surface area contributed by atoms with Crippen LogP contribution in [0.25, 0.3) is 0 Å². The van der Waals surface area contributed by atoms with Crippen molar-refractivity contribution in [3.05, 3.63) is 12.6 Å². The van der Waals surface area contributed by atoms with Gasteiger partial charge in [-0.15, -0.1) is 6.58 Å². The highest BCUT2D eigenvalue weighted by atomic mass is 16.5. The monoisotopic (exact) mass is 140 g/mol. The average molecular weight is 140 g/mol. The highest BCUT2D eigenvalue weighted by Gasteiger charge is 2.19. The van der Waals surface area contributed by atoms with Crippen molar-refractivity contribution in [2.75, 3.05) is 0 Å². The number of hydrogen-bond donors (Lipinski definition) is 1. The molecular formula is C7H13BO2.